The molecular weight excluding hydrogens is 370 g/mol. The molecule has 2 rings (SSSR count). The fraction of sp³-hybridized carbons (Fsp3) is 0.267. The van der Waals surface area contributed by atoms with Crippen LogP contribution in [0.5, 0.6) is 5.75 Å². The highest BCUT2D eigenvalue weighted by atomic mass is 32.2. The van der Waals surface area contributed by atoms with E-state index >= 15 is 0 Å². The van der Waals surface area contributed by atoms with Crippen LogP contribution in [0.3, 0.4) is 0 Å². The van der Waals surface area contributed by atoms with E-state index in [1.165, 1.54) is 47.4 Å². The normalized spacial score (nSPS) is 11.8. The average molecular weight is 386 g/mol. The molecule has 6 nitrogen and oxygen atoms in total. The maximum atomic E-state index is 12.2. The van der Waals surface area contributed by atoms with Gasteiger partial charge in [0.15, 0.2) is 4.34 Å². The van der Waals surface area contributed by atoms with E-state index in [4.69, 9.17) is 0 Å². The second-order valence-corrected chi connectivity index (χ2v) is 7.26. The van der Waals surface area contributed by atoms with E-state index < -0.39 is 11.9 Å². The number of hydrogen-bond acceptors (Lipinski definition) is 7. The van der Waals surface area contributed by atoms with E-state index in [0.29, 0.717) is 21.7 Å². The second kappa shape index (κ2) is 9.33. The number of carbonyl (C=O) groups excluding carboxylic acids is 1. The predicted octanol–water partition coefficient (Wildman–Crippen LogP) is 3.86. The van der Waals surface area contributed by atoms with E-state index in [1.54, 1.807) is 13.0 Å². The first-order valence-electron chi connectivity index (χ1n) is 7.18. The smallest absolute Gasteiger partial charge is 0.387 e. The molecule has 10 heteroatoms. The van der Waals surface area contributed by atoms with Gasteiger partial charge in [0.25, 0.3) is 0 Å². The van der Waals surface area contributed by atoms with E-state index in [-0.39, 0.29) is 11.7 Å². The molecule has 2 N–H and O–H groups in total. The number of nitrogens with one attached hydrogen (secondary N) is 2. The Morgan fingerprint density at radius 3 is 2.76 bits per heavy atom. The van der Waals surface area contributed by atoms with Crippen molar-refractivity contribution in [2.24, 2.45) is 0 Å². The van der Waals surface area contributed by atoms with Crippen LogP contribution in [-0.4, -0.2) is 34.5 Å². The van der Waals surface area contributed by atoms with Crippen molar-refractivity contribution in [2.75, 3.05) is 17.2 Å². The first-order chi connectivity index (χ1) is 12.0. The zero-order valence-electron chi connectivity index (χ0n) is 13.2. The van der Waals surface area contributed by atoms with E-state index in [9.17, 15) is 13.6 Å². The summed E-state index contributed by atoms with van der Waals surface area (Å²) in [5.41, 5.74) is 0.490. The van der Waals surface area contributed by atoms with E-state index in [2.05, 4.69) is 32.1 Å². The van der Waals surface area contributed by atoms with Gasteiger partial charge in [-0.2, -0.15) is 8.78 Å². The molecule has 0 fully saturated rings. The molecule has 0 spiro atoms. The second-order valence-electron chi connectivity index (χ2n) is 4.69. The number of nitrogens with zero attached hydrogens (tertiary/aromatic N) is 2. The lowest BCUT2D eigenvalue weighted by atomic mass is 10.3. The van der Waals surface area contributed by atoms with Crippen LogP contribution in [0.25, 0.3) is 0 Å². The number of rotatable bonds is 9. The van der Waals surface area contributed by atoms with Crippen molar-refractivity contribution in [2.45, 2.75) is 23.1 Å². The third kappa shape index (κ3) is 6.31. The summed E-state index contributed by atoms with van der Waals surface area (Å²) < 4.78 is 29.1. The topological polar surface area (TPSA) is 76.1 Å². The van der Waals surface area contributed by atoms with E-state index in [0.717, 1.165) is 0 Å². The predicted molar refractivity (Wildman–Crippen MR) is 95.6 cm³/mol. The Morgan fingerprint density at radius 1 is 1.40 bits per heavy atom. The van der Waals surface area contributed by atoms with Crippen molar-refractivity contribution in [1.82, 2.24) is 10.2 Å². The lowest BCUT2D eigenvalue weighted by Crippen LogP contribution is -2.22. The molecular formula is C15H16F2N4O2S2. The number of amides is 1. The molecule has 0 aliphatic rings. The third-order valence-electron chi connectivity index (χ3n) is 2.80. The molecule has 0 saturated heterocycles. The third-order valence-corrected chi connectivity index (χ3v) is 4.86. The number of halogens is 2. The number of benzene rings is 1. The van der Waals surface area contributed by atoms with Crippen molar-refractivity contribution in [3.05, 3.63) is 36.9 Å². The van der Waals surface area contributed by atoms with Crippen molar-refractivity contribution in [1.29, 1.82) is 0 Å². The van der Waals surface area contributed by atoms with Crippen LogP contribution in [0, 0.1) is 0 Å². The SMILES string of the molecule is C=CCNc1nnc(SC(C)C(=O)Nc2ccc(OC(F)F)cc2)s1. The molecule has 1 atom stereocenters. The average Bonchev–Trinajstić information content (AvgIpc) is 3.01. The fourth-order valence-electron chi connectivity index (χ4n) is 1.66. The minimum absolute atomic E-state index is 0.0313. The summed E-state index contributed by atoms with van der Waals surface area (Å²) in [6.07, 6.45) is 1.71. The van der Waals surface area contributed by atoms with Crippen molar-refractivity contribution < 1.29 is 18.3 Å². The quantitative estimate of drug-likeness (QED) is 0.504. The van der Waals surface area contributed by atoms with Gasteiger partial charge in [0.2, 0.25) is 11.0 Å². The molecule has 25 heavy (non-hydrogen) atoms. The molecule has 1 aromatic heterocycles. The van der Waals surface area contributed by atoms with Gasteiger partial charge in [-0.1, -0.05) is 29.2 Å². The Morgan fingerprint density at radius 2 is 2.12 bits per heavy atom. The number of ether oxygens (including phenoxy) is 1. The number of thioether (sulfide) groups is 1. The van der Waals surface area contributed by atoms with Crippen LogP contribution in [0.2, 0.25) is 0 Å². The highest BCUT2D eigenvalue weighted by Crippen LogP contribution is 2.29. The van der Waals surface area contributed by atoms with Crippen LogP contribution >= 0.6 is 23.1 Å². The van der Waals surface area contributed by atoms with Gasteiger partial charge in [-0.05, 0) is 31.2 Å². The van der Waals surface area contributed by atoms with Gasteiger partial charge in [0.05, 0.1) is 5.25 Å². The molecule has 2 aromatic rings. The summed E-state index contributed by atoms with van der Waals surface area (Å²) >= 11 is 2.63. The lowest BCUT2D eigenvalue weighted by Gasteiger charge is -2.11. The minimum atomic E-state index is -2.88. The number of aromatic nitrogens is 2. The Balaban J connectivity index is 1.87. The van der Waals surface area contributed by atoms with Crippen LogP contribution in [-0.2, 0) is 4.79 Å². The molecule has 1 aromatic carbocycles. The van der Waals surface area contributed by atoms with Gasteiger partial charge >= 0.3 is 6.61 Å². The summed E-state index contributed by atoms with van der Waals surface area (Å²) in [5.74, 6) is -0.202. The fourth-order valence-corrected chi connectivity index (χ4v) is 3.56. The number of alkyl halides is 2. The molecule has 0 aliphatic carbocycles. The van der Waals surface area contributed by atoms with Crippen LogP contribution in [0.1, 0.15) is 6.92 Å². The highest BCUT2D eigenvalue weighted by molar-refractivity contribution is 8.02. The molecule has 0 saturated carbocycles. The van der Waals surface area contributed by atoms with Crippen LogP contribution in [0.15, 0.2) is 41.3 Å². The standard InChI is InChI=1S/C15H16F2N4O2S2/c1-3-8-18-14-20-21-15(25-14)24-9(2)12(22)19-10-4-6-11(7-5-10)23-13(16)17/h3-7,9,13H,1,8H2,2H3,(H,18,20)(H,19,22). The zero-order chi connectivity index (χ0) is 18.2. The van der Waals surface area contributed by atoms with Crippen LogP contribution < -0.4 is 15.4 Å². The first kappa shape index (κ1) is 19.1. The summed E-state index contributed by atoms with van der Waals surface area (Å²) in [6, 6.07) is 5.72. The Labute approximate surface area is 151 Å². The summed E-state index contributed by atoms with van der Waals surface area (Å²) in [5, 5.41) is 14.0. The molecule has 1 unspecified atom stereocenters. The molecule has 0 aliphatic heterocycles. The number of carbonyl (C=O) groups is 1. The molecule has 134 valence electrons. The Bertz CT molecular complexity index is 710. The van der Waals surface area contributed by atoms with Gasteiger partial charge < -0.3 is 15.4 Å². The van der Waals surface area contributed by atoms with Gasteiger partial charge in [0.1, 0.15) is 5.75 Å². The summed E-state index contributed by atoms with van der Waals surface area (Å²) in [7, 11) is 0. The number of anilines is 2. The van der Waals surface area contributed by atoms with Crippen molar-refractivity contribution in [3.63, 3.8) is 0 Å². The molecule has 1 heterocycles. The lowest BCUT2D eigenvalue weighted by molar-refractivity contribution is -0.115. The van der Waals surface area contributed by atoms with Crippen molar-refractivity contribution >= 4 is 39.8 Å². The number of hydrogen-bond donors (Lipinski definition) is 2. The highest BCUT2D eigenvalue weighted by Gasteiger charge is 2.17. The summed E-state index contributed by atoms with van der Waals surface area (Å²) in [4.78, 5) is 12.2. The largest absolute Gasteiger partial charge is 0.435 e. The maximum Gasteiger partial charge on any atom is 0.387 e. The van der Waals surface area contributed by atoms with Gasteiger partial charge in [-0.25, -0.2) is 0 Å². The molecule has 1 amide bonds. The van der Waals surface area contributed by atoms with Gasteiger partial charge in [0, 0.05) is 12.2 Å². The molecule has 0 bridgehead atoms. The maximum absolute atomic E-state index is 12.2. The first-order valence-corrected chi connectivity index (χ1v) is 8.88. The van der Waals surface area contributed by atoms with Gasteiger partial charge in [-0.15, -0.1) is 16.8 Å². The van der Waals surface area contributed by atoms with Crippen molar-refractivity contribution in [3.8, 4) is 5.75 Å². The minimum Gasteiger partial charge on any atom is -0.435 e. The zero-order valence-corrected chi connectivity index (χ0v) is 14.9. The summed E-state index contributed by atoms with van der Waals surface area (Å²) in [6.45, 7) is 3.05. The van der Waals surface area contributed by atoms with Gasteiger partial charge in [-0.3, -0.25) is 4.79 Å². The van der Waals surface area contributed by atoms with Crippen LogP contribution in [0.4, 0.5) is 19.6 Å². The monoisotopic (exact) mass is 386 g/mol. The Hall–Kier alpha value is -2.20. The Kier molecular flexibility index (Phi) is 7.14. The molecule has 0 radical (unpaired) electrons. The van der Waals surface area contributed by atoms with E-state index in [1.807, 2.05) is 0 Å².